The van der Waals surface area contributed by atoms with Crippen molar-refractivity contribution in [1.29, 1.82) is 0 Å². The van der Waals surface area contributed by atoms with E-state index in [1.165, 1.54) is 6.33 Å². The van der Waals surface area contributed by atoms with Crippen molar-refractivity contribution in [3.63, 3.8) is 0 Å². The summed E-state index contributed by atoms with van der Waals surface area (Å²) in [6, 6.07) is 5.25. The number of anilines is 1. The van der Waals surface area contributed by atoms with Crippen molar-refractivity contribution in [2.45, 2.75) is 27.2 Å². The molecular formula is C14H17ClN4O. The minimum Gasteiger partial charge on any atom is -0.324 e. The van der Waals surface area contributed by atoms with Crippen LogP contribution in [0.4, 0.5) is 5.69 Å². The Balaban J connectivity index is 2.27. The van der Waals surface area contributed by atoms with Crippen LogP contribution in [0, 0.1) is 5.41 Å². The number of carbonyl (C=O) groups is 1. The van der Waals surface area contributed by atoms with Gasteiger partial charge in [0, 0.05) is 11.4 Å². The maximum absolute atomic E-state index is 12.1. The van der Waals surface area contributed by atoms with Crippen LogP contribution in [0.5, 0.6) is 0 Å². The molecule has 2 rings (SSSR count). The number of hydrogen-bond acceptors (Lipinski definition) is 3. The van der Waals surface area contributed by atoms with Crippen molar-refractivity contribution in [1.82, 2.24) is 14.8 Å². The molecule has 0 fully saturated rings. The number of amides is 1. The van der Waals surface area contributed by atoms with Crippen molar-refractivity contribution in [2.24, 2.45) is 5.41 Å². The zero-order valence-corrected chi connectivity index (χ0v) is 12.5. The number of carbonyl (C=O) groups excluding carboxylic acids is 1. The lowest BCUT2D eigenvalue weighted by Crippen LogP contribution is -2.20. The van der Waals surface area contributed by atoms with Crippen LogP contribution in [0.25, 0.3) is 5.69 Å². The summed E-state index contributed by atoms with van der Waals surface area (Å²) in [5.41, 5.74) is 1.28. The second kappa shape index (κ2) is 5.63. The molecule has 6 heteroatoms. The smallest absolute Gasteiger partial charge is 0.224 e. The van der Waals surface area contributed by atoms with Gasteiger partial charge in [-0.05, 0) is 23.6 Å². The molecule has 1 aromatic heterocycles. The highest BCUT2D eigenvalue weighted by atomic mass is 35.5. The molecule has 0 spiro atoms. The fraction of sp³-hybridized carbons (Fsp3) is 0.357. The number of nitrogens with one attached hydrogen (secondary N) is 1. The highest BCUT2D eigenvalue weighted by molar-refractivity contribution is 6.31. The molecule has 1 heterocycles. The predicted molar refractivity (Wildman–Crippen MR) is 79.1 cm³/mol. The van der Waals surface area contributed by atoms with Gasteiger partial charge >= 0.3 is 0 Å². The van der Waals surface area contributed by atoms with Crippen molar-refractivity contribution in [2.75, 3.05) is 5.32 Å². The quantitative estimate of drug-likeness (QED) is 0.944. The van der Waals surface area contributed by atoms with Crippen LogP contribution < -0.4 is 5.32 Å². The van der Waals surface area contributed by atoms with Crippen molar-refractivity contribution in [3.8, 4) is 5.69 Å². The predicted octanol–water partition coefficient (Wildman–Crippen LogP) is 3.30. The van der Waals surface area contributed by atoms with Gasteiger partial charge in [-0.15, -0.1) is 0 Å². The summed E-state index contributed by atoms with van der Waals surface area (Å²) in [7, 11) is 0. The van der Waals surface area contributed by atoms with E-state index in [-0.39, 0.29) is 11.3 Å². The van der Waals surface area contributed by atoms with Crippen molar-refractivity contribution in [3.05, 3.63) is 35.9 Å². The largest absolute Gasteiger partial charge is 0.324 e. The van der Waals surface area contributed by atoms with Gasteiger partial charge in [0.1, 0.15) is 12.7 Å². The Hall–Kier alpha value is -1.88. The number of hydrogen-bond donors (Lipinski definition) is 1. The topological polar surface area (TPSA) is 59.8 Å². The first-order valence-electron chi connectivity index (χ1n) is 6.29. The fourth-order valence-electron chi connectivity index (χ4n) is 1.82. The molecule has 1 amide bonds. The number of rotatable bonds is 3. The molecule has 0 aliphatic carbocycles. The average molecular weight is 293 g/mol. The summed E-state index contributed by atoms with van der Waals surface area (Å²) in [6.07, 6.45) is 3.44. The zero-order chi connectivity index (χ0) is 14.8. The Morgan fingerprint density at radius 2 is 2.15 bits per heavy atom. The lowest BCUT2D eigenvalue weighted by molar-refractivity contribution is -0.117. The van der Waals surface area contributed by atoms with E-state index >= 15 is 0 Å². The molecule has 0 atom stereocenters. The molecule has 1 aromatic carbocycles. The summed E-state index contributed by atoms with van der Waals surface area (Å²) in [4.78, 5) is 16.0. The Morgan fingerprint density at radius 3 is 2.75 bits per heavy atom. The van der Waals surface area contributed by atoms with Gasteiger partial charge in [-0.2, -0.15) is 5.10 Å². The maximum atomic E-state index is 12.1. The van der Waals surface area contributed by atoms with Gasteiger partial charge in [0.25, 0.3) is 0 Å². The SMILES string of the molecule is CC(C)(C)CC(=O)Nc1cc(Cl)ccc1-n1cncn1. The third-order valence-electron chi connectivity index (χ3n) is 2.59. The molecule has 5 nitrogen and oxygen atoms in total. The van der Waals surface area contributed by atoms with Crippen LogP contribution in [0.15, 0.2) is 30.9 Å². The van der Waals surface area contributed by atoms with E-state index in [4.69, 9.17) is 11.6 Å². The van der Waals surface area contributed by atoms with Gasteiger partial charge < -0.3 is 5.32 Å². The van der Waals surface area contributed by atoms with Gasteiger partial charge in [0.2, 0.25) is 5.91 Å². The lowest BCUT2D eigenvalue weighted by atomic mass is 9.92. The normalized spacial score (nSPS) is 11.4. The number of halogens is 1. The van der Waals surface area contributed by atoms with Crippen LogP contribution >= 0.6 is 11.6 Å². The first-order valence-corrected chi connectivity index (χ1v) is 6.67. The second-order valence-corrected chi connectivity index (χ2v) is 6.22. The Labute approximate surface area is 123 Å². The zero-order valence-electron chi connectivity index (χ0n) is 11.7. The minimum atomic E-state index is -0.0733. The van der Waals surface area contributed by atoms with Crippen molar-refractivity contribution >= 4 is 23.2 Å². The van der Waals surface area contributed by atoms with Crippen LogP contribution in [0.1, 0.15) is 27.2 Å². The first-order chi connectivity index (χ1) is 9.35. The lowest BCUT2D eigenvalue weighted by Gasteiger charge is -2.18. The van der Waals surface area contributed by atoms with E-state index in [1.807, 2.05) is 20.8 Å². The van der Waals surface area contributed by atoms with Gasteiger partial charge in [-0.25, -0.2) is 9.67 Å². The third-order valence-corrected chi connectivity index (χ3v) is 2.82. The van der Waals surface area contributed by atoms with Crippen LogP contribution in [0.3, 0.4) is 0 Å². The summed E-state index contributed by atoms with van der Waals surface area (Å²) < 4.78 is 1.59. The summed E-state index contributed by atoms with van der Waals surface area (Å²) in [5.74, 6) is -0.0545. The molecule has 0 bridgehead atoms. The Morgan fingerprint density at radius 1 is 1.40 bits per heavy atom. The van der Waals surface area contributed by atoms with E-state index in [2.05, 4.69) is 15.4 Å². The molecule has 0 saturated carbocycles. The highest BCUT2D eigenvalue weighted by Gasteiger charge is 2.17. The Kier molecular flexibility index (Phi) is 4.09. The van der Waals surface area contributed by atoms with Crippen molar-refractivity contribution < 1.29 is 4.79 Å². The van der Waals surface area contributed by atoms with Crippen LogP contribution in [0.2, 0.25) is 5.02 Å². The fourth-order valence-corrected chi connectivity index (χ4v) is 1.99. The van der Waals surface area contributed by atoms with E-state index in [1.54, 1.807) is 29.2 Å². The molecule has 0 saturated heterocycles. The van der Waals surface area contributed by atoms with E-state index in [9.17, 15) is 4.79 Å². The average Bonchev–Trinajstić information content (AvgIpc) is 2.79. The summed E-state index contributed by atoms with van der Waals surface area (Å²) in [5, 5.41) is 7.51. The molecule has 2 aromatic rings. The van der Waals surface area contributed by atoms with Crippen LogP contribution in [-0.4, -0.2) is 20.7 Å². The van der Waals surface area contributed by atoms with Gasteiger partial charge in [-0.3, -0.25) is 4.79 Å². The highest BCUT2D eigenvalue weighted by Crippen LogP contribution is 2.25. The summed E-state index contributed by atoms with van der Waals surface area (Å²) >= 11 is 6.00. The van der Waals surface area contributed by atoms with Gasteiger partial charge in [-0.1, -0.05) is 32.4 Å². The molecule has 0 aliphatic rings. The molecule has 0 radical (unpaired) electrons. The molecule has 0 aliphatic heterocycles. The summed E-state index contributed by atoms with van der Waals surface area (Å²) in [6.45, 7) is 6.05. The standard InChI is InChI=1S/C14H17ClN4O/c1-14(2,3)7-13(20)18-11-6-10(15)4-5-12(11)19-9-16-8-17-19/h4-6,8-9H,7H2,1-3H3,(H,18,20). The van der Waals surface area contributed by atoms with E-state index in [0.717, 1.165) is 5.69 Å². The molecule has 1 N–H and O–H groups in total. The van der Waals surface area contributed by atoms with E-state index < -0.39 is 0 Å². The first kappa shape index (κ1) is 14.5. The second-order valence-electron chi connectivity index (χ2n) is 5.79. The molecular weight excluding hydrogens is 276 g/mol. The monoisotopic (exact) mass is 292 g/mol. The van der Waals surface area contributed by atoms with Crippen LogP contribution in [-0.2, 0) is 4.79 Å². The van der Waals surface area contributed by atoms with Gasteiger partial charge in [0.05, 0.1) is 11.4 Å². The maximum Gasteiger partial charge on any atom is 0.224 e. The molecule has 106 valence electrons. The number of aromatic nitrogens is 3. The Bertz CT molecular complexity index is 602. The van der Waals surface area contributed by atoms with Gasteiger partial charge in [0.15, 0.2) is 0 Å². The molecule has 20 heavy (non-hydrogen) atoms. The molecule has 0 unspecified atom stereocenters. The third kappa shape index (κ3) is 3.81. The minimum absolute atomic E-state index is 0.0545. The van der Waals surface area contributed by atoms with E-state index in [0.29, 0.717) is 17.1 Å². The number of benzene rings is 1. The number of nitrogens with zero attached hydrogens (tertiary/aromatic N) is 3.